The fraction of sp³-hybridized carbons (Fsp3) is 0.333. The van der Waals surface area contributed by atoms with Gasteiger partial charge in [0.25, 0.3) is 0 Å². The molecule has 0 atom stereocenters. The first-order valence-corrected chi connectivity index (χ1v) is 6.92. The van der Waals surface area contributed by atoms with Crippen molar-refractivity contribution in [3.05, 3.63) is 28.5 Å². The molecule has 76 valence electrons. The largest absolute Gasteiger partial charge is 0.249 e. The molecule has 0 aliphatic carbocycles. The van der Waals surface area contributed by atoms with E-state index < -0.39 is 15.5 Å². The lowest BCUT2D eigenvalue weighted by atomic mass is 10.3. The van der Waals surface area contributed by atoms with Crippen LogP contribution in [0.3, 0.4) is 0 Å². The zero-order valence-electron chi connectivity index (χ0n) is 7.37. The Bertz CT molecular complexity index is 470. The number of halogens is 2. The van der Waals surface area contributed by atoms with Gasteiger partial charge in [-0.2, -0.15) is 4.36 Å². The molecule has 1 aliphatic rings. The van der Waals surface area contributed by atoms with Gasteiger partial charge in [-0.1, -0.05) is 6.07 Å². The van der Waals surface area contributed by atoms with E-state index in [2.05, 4.69) is 20.3 Å². The first-order valence-electron chi connectivity index (χ1n) is 4.27. The third-order valence-electron chi connectivity index (χ3n) is 2.12. The highest BCUT2D eigenvalue weighted by Crippen LogP contribution is 2.28. The highest BCUT2D eigenvalue weighted by atomic mass is 79.9. The summed E-state index contributed by atoms with van der Waals surface area (Å²) < 4.78 is 29.5. The molecule has 0 unspecified atom stereocenters. The number of hydrogen-bond donors (Lipinski definition) is 0. The van der Waals surface area contributed by atoms with Gasteiger partial charge in [-0.25, -0.2) is 8.60 Å². The predicted molar refractivity (Wildman–Crippen MR) is 58.7 cm³/mol. The Morgan fingerprint density at radius 3 is 2.71 bits per heavy atom. The quantitative estimate of drug-likeness (QED) is 0.776. The summed E-state index contributed by atoms with van der Waals surface area (Å²) in [5, 5.41) is 0. The van der Waals surface area contributed by atoms with E-state index in [0.29, 0.717) is 16.0 Å². The van der Waals surface area contributed by atoms with Crippen molar-refractivity contribution in [3.8, 4) is 0 Å². The fourth-order valence-electron chi connectivity index (χ4n) is 1.22. The second kappa shape index (κ2) is 3.62. The predicted octanol–water partition coefficient (Wildman–Crippen LogP) is 3.09. The molecule has 0 amide bonds. The number of rotatable bonds is 1. The smallest absolute Gasteiger partial charge is 0.163 e. The monoisotopic (exact) mass is 277 g/mol. The maximum atomic E-state index is 13.4. The van der Waals surface area contributed by atoms with Crippen LogP contribution in [-0.2, 0) is 9.73 Å². The van der Waals surface area contributed by atoms with E-state index in [1.165, 1.54) is 0 Å². The van der Waals surface area contributed by atoms with Crippen LogP contribution in [0.5, 0.6) is 0 Å². The molecule has 0 radical (unpaired) electrons. The zero-order chi connectivity index (χ0) is 10.2. The summed E-state index contributed by atoms with van der Waals surface area (Å²) >= 11 is 3.07. The Balaban J connectivity index is 2.48. The van der Waals surface area contributed by atoms with E-state index in [-0.39, 0.29) is 5.69 Å². The molecule has 0 spiro atoms. The van der Waals surface area contributed by atoms with Crippen molar-refractivity contribution in [1.29, 1.82) is 0 Å². The van der Waals surface area contributed by atoms with Crippen LogP contribution in [0, 0.1) is 5.82 Å². The maximum Gasteiger partial charge on any atom is 0.163 e. The summed E-state index contributed by atoms with van der Waals surface area (Å²) in [6.07, 6.45) is 0.929. The van der Waals surface area contributed by atoms with Gasteiger partial charge in [-0.3, -0.25) is 0 Å². The SMILES string of the molecule is O=S1(=Nc2cccc(Br)c2F)CCC1. The van der Waals surface area contributed by atoms with Crippen molar-refractivity contribution in [2.45, 2.75) is 6.42 Å². The Kier molecular flexibility index (Phi) is 2.62. The molecule has 1 fully saturated rings. The van der Waals surface area contributed by atoms with E-state index in [1.54, 1.807) is 18.2 Å². The van der Waals surface area contributed by atoms with E-state index in [9.17, 15) is 8.60 Å². The first kappa shape index (κ1) is 10.1. The van der Waals surface area contributed by atoms with Crippen LogP contribution in [0.4, 0.5) is 10.1 Å². The third kappa shape index (κ3) is 1.83. The molecular weight excluding hydrogens is 269 g/mol. The van der Waals surface area contributed by atoms with Gasteiger partial charge in [0, 0.05) is 11.5 Å². The van der Waals surface area contributed by atoms with Crippen molar-refractivity contribution in [2.24, 2.45) is 4.36 Å². The number of nitrogens with zero attached hydrogens (tertiary/aromatic N) is 1. The van der Waals surface area contributed by atoms with Crippen molar-refractivity contribution < 1.29 is 8.60 Å². The molecule has 1 heterocycles. The topological polar surface area (TPSA) is 29.4 Å². The van der Waals surface area contributed by atoms with Crippen LogP contribution in [0.15, 0.2) is 27.0 Å². The molecular formula is C9H9BrFNOS. The second-order valence-corrected chi connectivity index (χ2v) is 6.60. The fourth-order valence-corrected chi connectivity index (χ4v) is 3.05. The molecule has 14 heavy (non-hydrogen) atoms. The highest BCUT2D eigenvalue weighted by molar-refractivity contribution is 9.10. The first-order chi connectivity index (χ1) is 6.61. The van der Waals surface area contributed by atoms with Gasteiger partial charge < -0.3 is 0 Å². The Morgan fingerprint density at radius 1 is 1.43 bits per heavy atom. The van der Waals surface area contributed by atoms with Crippen LogP contribution in [0.1, 0.15) is 6.42 Å². The molecule has 1 aromatic rings. The second-order valence-electron chi connectivity index (χ2n) is 3.20. The number of benzene rings is 1. The summed E-state index contributed by atoms with van der Waals surface area (Å²) in [4.78, 5) is 0. The van der Waals surface area contributed by atoms with Crippen LogP contribution >= 0.6 is 15.9 Å². The summed E-state index contributed by atoms with van der Waals surface area (Å²) in [7, 11) is -2.12. The van der Waals surface area contributed by atoms with E-state index in [1.807, 2.05) is 0 Å². The summed E-state index contributed by atoms with van der Waals surface area (Å²) in [5.74, 6) is 0.764. The van der Waals surface area contributed by atoms with Gasteiger partial charge in [0.1, 0.15) is 5.69 Å². The Hall–Kier alpha value is -0.420. The number of hydrogen-bond acceptors (Lipinski definition) is 2. The lowest BCUT2D eigenvalue weighted by molar-refractivity contribution is 0.622. The van der Waals surface area contributed by atoms with Gasteiger partial charge >= 0.3 is 0 Å². The lowest BCUT2D eigenvalue weighted by Crippen LogP contribution is -2.23. The molecule has 0 aromatic heterocycles. The summed E-state index contributed by atoms with van der Waals surface area (Å²) in [5.41, 5.74) is 0.198. The van der Waals surface area contributed by atoms with Crippen LogP contribution in [0.25, 0.3) is 0 Å². The molecule has 0 bridgehead atoms. The molecule has 5 heteroatoms. The van der Waals surface area contributed by atoms with Crippen LogP contribution in [-0.4, -0.2) is 15.7 Å². The van der Waals surface area contributed by atoms with E-state index >= 15 is 0 Å². The van der Waals surface area contributed by atoms with Crippen molar-refractivity contribution >= 4 is 31.3 Å². The molecule has 1 saturated heterocycles. The van der Waals surface area contributed by atoms with Gasteiger partial charge in [0.05, 0.1) is 14.2 Å². The maximum absolute atomic E-state index is 13.4. The minimum absolute atomic E-state index is 0.198. The van der Waals surface area contributed by atoms with Gasteiger partial charge in [0.2, 0.25) is 0 Å². The highest BCUT2D eigenvalue weighted by Gasteiger charge is 2.20. The molecule has 1 aliphatic heterocycles. The average molecular weight is 278 g/mol. The molecule has 2 rings (SSSR count). The molecule has 1 aromatic carbocycles. The van der Waals surface area contributed by atoms with Crippen LogP contribution in [0.2, 0.25) is 0 Å². The van der Waals surface area contributed by atoms with Crippen LogP contribution < -0.4 is 0 Å². The summed E-state index contributed by atoms with van der Waals surface area (Å²) in [6.45, 7) is 0. The lowest BCUT2D eigenvalue weighted by Gasteiger charge is -2.17. The normalized spacial score (nSPS) is 18.7. The van der Waals surface area contributed by atoms with Crippen molar-refractivity contribution in [3.63, 3.8) is 0 Å². The van der Waals surface area contributed by atoms with E-state index in [4.69, 9.17) is 0 Å². The van der Waals surface area contributed by atoms with Gasteiger partial charge in [0.15, 0.2) is 5.82 Å². The minimum atomic E-state index is -2.12. The molecule has 0 N–H and O–H groups in total. The Morgan fingerprint density at radius 2 is 2.14 bits per heavy atom. The van der Waals surface area contributed by atoms with Gasteiger partial charge in [-0.15, -0.1) is 0 Å². The average Bonchev–Trinajstić information content (AvgIpc) is 2.10. The zero-order valence-corrected chi connectivity index (χ0v) is 9.78. The molecule has 0 saturated carbocycles. The van der Waals surface area contributed by atoms with Gasteiger partial charge in [-0.05, 0) is 34.5 Å². The summed E-state index contributed by atoms with van der Waals surface area (Å²) in [6, 6.07) is 4.83. The van der Waals surface area contributed by atoms with Crippen molar-refractivity contribution in [2.75, 3.05) is 11.5 Å². The van der Waals surface area contributed by atoms with E-state index in [0.717, 1.165) is 6.42 Å². The standard InChI is InChI=1S/C9H9BrFNOS/c10-7-3-1-4-8(9(7)11)12-14(13)5-2-6-14/h1,3-4H,2,5-6H2. The molecule has 2 nitrogen and oxygen atoms in total. The third-order valence-corrected chi connectivity index (χ3v) is 5.12. The minimum Gasteiger partial charge on any atom is -0.249 e. The van der Waals surface area contributed by atoms with Crippen molar-refractivity contribution in [1.82, 2.24) is 0 Å². The Labute approximate surface area is 90.8 Å².